The molecule has 4 nitrogen and oxygen atoms in total. The van der Waals surface area contributed by atoms with E-state index in [1.807, 2.05) is 11.7 Å². The van der Waals surface area contributed by atoms with Gasteiger partial charge in [0.05, 0.1) is 5.69 Å². The quantitative estimate of drug-likeness (QED) is 0.806. The molecular weight excluding hydrogens is 224 g/mol. The van der Waals surface area contributed by atoms with Crippen molar-refractivity contribution in [3.63, 3.8) is 0 Å². The Bertz CT molecular complexity index is 366. The maximum absolute atomic E-state index is 4.47. The van der Waals surface area contributed by atoms with Gasteiger partial charge in [-0.2, -0.15) is 5.10 Å². The van der Waals surface area contributed by atoms with Crippen LogP contribution in [-0.2, 0) is 20.0 Å². The third-order valence-corrected chi connectivity index (χ3v) is 3.77. The van der Waals surface area contributed by atoms with Crippen molar-refractivity contribution in [2.24, 2.45) is 7.05 Å². The van der Waals surface area contributed by atoms with Gasteiger partial charge < -0.3 is 10.6 Å². The second-order valence-corrected chi connectivity index (χ2v) is 5.44. The van der Waals surface area contributed by atoms with E-state index in [0.717, 1.165) is 13.0 Å². The van der Waals surface area contributed by atoms with E-state index in [4.69, 9.17) is 0 Å². The molecule has 0 spiro atoms. The molecule has 2 heterocycles. The van der Waals surface area contributed by atoms with Crippen LogP contribution in [0.1, 0.15) is 44.4 Å². The summed E-state index contributed by atoms with van der Waals surface area (Å²) in [5.74, 6) is 0. The lowest BCUT2D eigenvalue weighted by Crippen LogP contribution is -2.33. The average Bonchev–Trinajstić information content (AvgIpc) is 2.95. The van der Waals surface area contributed by atoms with E-state index in [9.17, 15) is 0 Å². The number of hydrogen-bond acceptors (Lipinski definition) is 3. The molecule has 18 heavy (non-hydrogen) atoms. The molecule has 1 saturated heterocycles. The van der Waals surface area contributed by atoms with E-state index in [-0.39, 0.29) is 0 Å². The summed E-state index contributed by atoms with van der Waals surface area (Å²) in [5, 5.41) is 11.7. The van der Waals surface area contributed by atoms with Crippen molar-refractivity contribution < 1.29 is 0 Å². The van der Waals surface area contributed by atoms with Crippen molar-refractivity contribution in [3.05, 3.63) is 17.5 Å². The highest BCUT2D eigenvalue weighted by molar-refractivity contribution is 5.16. The minimum atomic E-state index is 0.561. The van der Waals surface area contributed by atoms with Crippen LogP contribution in [-0.4, -0.2) is 28.4 Å². The van der Waals surface area contributed by atoms with Crippen LogP contribution < -0.4 is 10.6 Å². The third kappa shape index (κ3) is 3.56. The first-order valence-electron chi connectivity index (χ1n) is 7.17. The van der Waals surface area contributed by atoms with Gasteiger partial charge in [-0.15, -0.1) is 0 Å². The van der Waals surface area contributed by atoms with E-state index >= 15 is 0 Å². The van der Waals surface area contributed by atoms with E-state index in [1.165, 1.54) is 37.1 Å². The van der Waals surface area contributed by atoms with Crippen molar-refractivity contribution in [1.29, 1.82) is 0 Å². The van der Waals surface area contributed by atoms with Gasteiger partial charge in [-0.3, -0.25) is 4.68 Å². The molecule has 1 aromatic rings. The summed E-state index contributed by atoms with van der Waals surface area (Å²) in [5.41, 5.74) is 2.56. The summed E-state index contributed by atoms with van der Waals surface area (Å²) < 4.78 is 1.92. The third-order valence-electron chi connectivity index (χ3n) is 3.77. The van der Waals surface area contributed by atoms with Crippen molar-refractivity contribution in [2.75, 3.05) is 6.54 Å². The lowest BCUT2D eigenvalue weighted by atomic mass is 10.1. The van der Waals surface area contributed by atoms with E-state index in [0.29, 0.717) is 12.1 Å². The van der Waals surface area contributed by atoms with Gasteiger partial charge in [-0.25, -0.2) is 0 Å². The molecule has 4 heteroatoms. The van der Waals surface area contributed by atoms with Crippen LogP contribution in [0.4, 0.5) is 0 Å². The molecule has 1 aromatic heterocycles. The summed E-state index contributed by atoms with van der Waals surface area (Å²) in [6, 6.07) is 1.28. The maximum atomic E-state index is 4.47. The molecule has 2 unspecified atom stereocenters. The zero-order valence-corrected chi connectivity index (χ0v) is 11.9. The Morgan fingerprint density at radius 1 is 1.61 bits per heavy atom. The average molecular weight is 250 g/mol. The molecule has 1 fully saturated rings. The number of nitrogens with one attached hydrogen (secondary N) is 2. The van der Waals surface area contributed by atoms with Gasteiger partial charge in [0.15, 0.2) is 0 Å². The van der Waals surface area contributed by atoms with Crippen molar-refractivity contribution >= 4 is 0 Å². The van der Waals surface area contributed by atoms with E-state index in [2.05, 4.69) is 35.8 Å². The standard InChI is InChI=1S/C14H26N4/c1-4-14-12(10-18(3)17-14)9-16-11(2)8-13-6-5-7-15-13/h10-11,13,15-16H,4-9H2,1-3H3. The Morgan fingerprint density at radius 2 is 2.44 bits per heavy atom. The van der Waals surface area contributed by atoms with Crippen LogP contribution >= 0.6 is 0 Å². The monoisotopic (exact) mass is 250 g/mol. The SMILES string of the molecule is CCc1nn(C)cc1CNC(C)CC1CCCN1. The number of nitrogens with zero attached hydrogens (tertiary/aromatic N) is 2. The molecule has 1 aliphatic rings. The Hall–Kier alpha value is -0.870. The fourth-order valence-corrected chi connectivity index (χ4v) is 2.78. The van der Waals surface area contributed by atoms with Crippen LogP contribution in [0.2, 0.25) is 0 Å². The number of hydrogen-bond donors (Lipinski definition) is 2. The molecule has 2 N–H and O–H groups in total. The van der Waals surface area contributed by atoms with Gasteiger partial charge >= 0.3 is 0 Å². The van der Waals surface area contributed by atoms with Gasteiger partial charge in [0.2, 0.25) is 0 Å². The van der Waals surface area contributed by atoms with Crippen LogP contribution in [0.5, 0.6) is 0 Å². The molecule has 2 rings (SSSR count). The highest BCUT2D eigenvalue weighted by Gasteiger charge is 2.17. The molecule has 0 saturated carbocycles. The van der Waals surface area contributed by atoms with Gasteiger partial charge in [-0.1, -0.05) is 6.92 Å². The smallest absolute Gasteiger partial charge is 0.0666 e. The highest BCUT2D eigenvalue weighted by atomic mass is 15.3. The summed E-state index contributed by atoms with van der Waals surface area (Å²) in [6.07, 6.45) is 7.03. The second kappa shape index (κ2) is 6.34. The normalized spacial score (nSPS) is 21.4. The summed E-state index contributed by atoms with van der Waals surface area (Å²) in [4.78, 5) is 0. The van der Waals surface area contributed by atoms with Gasteiger partial charge in [-0.05, 0) is 39.2 Å². The molecular formula is C14H26N4. The molecule has 0 aromatic carbocycles. The fourth-order valence-electron chi connectivity index (χ4n) is 2.78. The molecule has 2 atom stereocenters. The molecule has 0 bridgehead atoms. The Morgan fingerprint density at radius 3 is 3.11 bits per heavy atom. The lowest BCUT2D eigenvalue weighted by molar-refractivity contribution is 0.439. The molecule has 1 aliphatic heterocycles. The minimum Gasteiger partial charge on any atom is -0.314 e. The lowest BCUT2D eigenvalue weighted by Gasteiger charge is -2.18. The maximum Gasteiger partial charge on any atom is 0.0666 e. The largest absolute Gasteiger partial charge is 0.314 e. The first-order chi connectivity index (χ1) is 8.69. The molecule has 0 amide bonds. The van der Waals surface area contributed by atoms with Crippen LogP contribution in [0, 0.1) is 0 Å². The zero-order valence-electron chi connectivity index (χ0n) is 11.9. The van der Waals surface area contributed by atoms with Crippen LogP contribution in [0.3, 0.4) is 0 Å². The Labute approximate surface area is 110 Å². The second-order valence-electron chi connectivity index (χ2n) is 5.44. The fraction of sp³-hybridized carbons (Fsp3) is 0.786. The Balaban J connectivity index is 1.79. The van der Waals surface area contributed by atoms with Crippen molar-refractivity contribution in [1.82, 2.24) is 20.4 Å². The molecule has 102 valence electrons. The van der Waals surface area contributed by atoms with E-state index < -0.39 is 0 Å². The summed E-state index contributed by atoms with van der Waals surface area (Å²) in [7, 11) is 1.99. The first kappa shape index (κ1) is 13.6. The number of aryl methyl sites for hydroxylation is 2. The van der Waals surface area contributed by atoms with Crippen molar-refractivity contribution in [2.45, 2.75) is 58.2 Å². The predicted octanol–water partition coefficient (Wildman–Crippen LogP) is 1.60. The van der Waals surface area contributed by atoms with Gasteiger partial charge in [0, 0.05) is 37.4 Å². The molecule has 0 radical (unpaired) electrons. The van der Waals surface area contributed by atoms with Crippen LogP contribution in [0.15, 0.2) is 6.20 Å². The summed E-state index contributed by atoms with van der Waals surface area (Å²) >= 11 is 0. The summed E-state index contributed by atoms with van der Waals surface area (Å²) in [6.45, 7) is 6.57. The van der Waals surface area contributed by atoms with Gasteiger partial charge in [0.25, 0.3) is 0 Å². The highest BCUT2D eigenvalue weighted by Crippen LogP contribution is 2.12. The van der Waals surface area contributed by atoms with Gasteiger partial charge in [0.1, 0.15) is 0 Å². The number of rotatable bonds is 6. The number of aromatic nitrogens is 2. The van der Waals surface area contributed by atoms with Crippen LogP contribution in [0.25, 0.3) is 0 Å². The molecule has 0 aliphatic carbocycles. The zero-order chi connectivity index (χ0) is 13.0. The Kier molecular flexibility index (Phi) is 4.78. The predicted molar refractivity (Wildman–Crippen MR) is 74.5 cm³/mol. The minimum absolute atomic E-state index is 0.561. The topological polar surface area (TPSA) is 41.9 Å². The van der Waals surface area contributed by atoms with E-state index in [1.54, 1.807) is 0 Å². The first-order valence-corrected chi connectivity index (χ1v) is 7.17. The van der Waals surface area contributed by atoms with Crippen molar-refractivity contribution in [3.8, 4) is 0 Å².